The van der Waals surface area contributed by atoms with Crippen molar-refractivity contribution in [3.05, 3.63) is 64.3 Å². The number of hydrogen-bond acceptors (Lipinski definition) is 4. The number of benzene rings is 1. The molecule has 0 saturated heterocycles. The number of nitrogen functional groups attached to an aromatic ring is 1. The normalized spacial score (nSPS) is 10.6. The van der Waals surface area contributed by atoms with Gasteiger partial charge in [0.2, 0.25) is 0 Å². The van der Waals surface area contributed by atoms with Crippen molar-refractivity contribution in [1.29, 1.82) is 0 Å². The first-order valence-corrected chi connectivity index (χ1v) is 7.46. The van der Waals surface area contributed by atoms with Crippen LogP contribution in [-0.4, -0.2) is 17.6 Å². The molecule has 1 aromatic heterocycles. The zero-order valence-electron chi connectivity index (χ0n) is 11.8. The summed E-state index contributed by atoms with van der Waals surface area (Å²) < 4.78 is 5.94. The number of pyridine rings is 1. The van der Waals surface area contributed by atoms with Crippen molar-refractivity contribution in [3.63, 3.8) is 0 Å². The van der Waals surface area contributed by atoms with Gasteiger partial charge < -0.3 is 15.8 Å². The van der Waals surface area contributed by atoms with Crippen LogP contribution in [0.1, 0.15) is 11.1 Å². The van der Waals surface area contributed by atoms with Crippen LogP contribution in [0.25, 0.3) is 6.08 Å². The Balaban J connectivity index is 1.75. The zero-order chi connectivity index (χ0) is 15.8. The summed E-state index contributed by atoms with van der Waals surface area (Å²) in [5.74, 6) is 0.436. The third-order valence-electron chi connectivity index (χ3n) is 2.79. The first kappa shape index (κ1) is 16.0. The van der Waals surface area contributed by atoms with E-state index in [1.165, 1.54) is 0 Å². The van der Waals surface area contributed by atoms with Crippen LogP contribution in [0, 0.1) is 0 Å². The Kier molecular flexibility index (Phi) is 5.97. The van der Waals surface area contributed by atoms with Crippen LogP contribution >= 0.6 is 15.9 Å². The maximum Gasteiger partial charge on any atom is 0.407 e. The Hall–Kier alpha value is -2.34. The number of halogens is 1. The van der Waals surface area contributed by atoms with E-state index in [1.807, 2.05) is 36.4 Å². The standard InChI is InChI=1S/C16H16BrN3O2/c17-14-9-13(15(18)20-10-14)7-4-8-19-16(21)22-11-12-5-2-1-3-6-12/h1-7,9-10H,8,11H2,(H2,18,20)(H,19,21). The number of carbonyl (C=O) groups is 1. The molecule has 22 heavy (non-hydrogen) atoms. The summed E-state index contributed by atoms with van der Waals surface area (Å²) in [5.41, 5.74) is 7.48. The Morgan fingerprint density at radius 3 is 2.91 bits per heavy atom. The molecule has 6 heteroatoms. The van der Waals surface area contributed by atoms with Gasteiger partial charge in [0, 0.05) is 22.8 Å². The average Bonchev–Trinajstić information content (AvgIpc) is 2.53. The highest BCUT2D eigenvalue weighted by Gasteiger charge is 2.01. The molecule has 1 aromatic carbocycles. The van der Waals surface area contributed by atoms with Gasteiger partial charge in [-0.25, -0.2) is 9.78 Å². The van der Waals surface area contributed by atoms with Gasteiger partial charge in [-0.05, 0) is 27.6 Å². The van der Waals surface area contributed by atoms with Gasteiger partial charge >= 0.3 is 6.09 Å². The summed E-state index contributed by atoms with van der Waals surface area (Å²) in [6.07, 6.45) is 4.74. The molecule has 0 aliphatic rings. The number of aromatic nitrogens is 1. The number of ether oxygens (including phenoxy) is 1. The Labute approximate surface area is 137 Å². The largest absolute Gasteiger partial charge is 0.445 e. The minimum absolute atomic E-state index is 0.249. The van der Waals surface area contributed by atoms with Gasteiger partial charge in [-0.1, -0.05) is 42.5 Å². The second-order valence-electron chi connectivity index (χ2n) is 4.47. The highest BCUT2D eigenvalue weighted by Crippen LogP contribution is 2.16. The van der Waals surface area contributed by atoms with Crippen LogP contribution in [0.3, 0.4) is 0 Å². The average molecular weight is 362 g/mol. The molecule has 114 valence electrons. The maximum absolute atomic E-state index is 11.5. The molecule has 0 spiro atoms. The summed E-state index contributed by atoms with van der Waals surface area (Å²) >= 11 is 3.33. The monoisotopic (exact) mass is 361 g/mol. The summed E-state index contributed by atoms with van der Waals surface area (Å²) in [7, 11) is 0. The van der Waals surface area contributed by atoms with Gasteiger partial charge in [0.1, 0.15) is 12.4 Å². The Bertz CT molecular complexity index is 660. The molecule has 0 aliphatic heterocycles. The minimum atomic E-state index is -0.464. The van der Waals surface area contributed by atoms with E-state index in [2.05, 4.69) is 26.2 Å². The molecule has 0 aliphatic carbocycles. The lowest BCUT2D eigenvalue weighted by Crippen LogP contribution is -2.24. The van der Waals surface area contributed by atoms with Crippen molar-refractivity contribution >= 4 is 33.9 Å². The molecule has 0 unspecified atom stereocenters. The Morgan fingerprint density at radius 2 is 2.14 bits per heavy atom. The number of amides is 1. The Morgan fingerprint density at radius 1 is 1.36 bits per heavy atom. The van der Waals surface area contributed by atoms with Gasteiger partial charge in [0.05, 0.1) is 0 Å². The van der Waals surface area contributed by atoms with E-state index >= 15 is 0 Å². The van der Waals surface area contributed by atoms with Crippen molar-refractivity contribution in [3.8, 4) is 0 Å². The molecule has 1 heterocycles. The highest BCUT2D eigenvalue weighted by atomic mass is 79.9. The maximum atomic E-state index is 11.5. The van der Waals surface area contributed by atoms with Crippen molar-refractivity contribution in [1.82, 2.24) is 10.3 Å². The van der Waals surface area contributed by atoms with E-state index in [1.54, 1.807) is 18.3 Å². The van der Waals surface area contributed by atoms with Gasteiger partial charge in [-0.2, -0.15) is 0 Å². The molecule has 2 aromatic rings. The second-order valence-corrected chi connectivity index (χ2v) is 5.39. The third kappa shape index (κ3) is 5.21. The molecule has 0 radical (unpaired) electrons. The predicted octanol–water partition coefficient (Wildman–Crippen LogP) is 3.37. The van der Waals surface area contributed by atoms with E-state index in [0.29, 0.717) is 12.4 Å². The molecule has 2 rings (SSSR count). The van der Waals surface area contributed by atoms with Crippen molar-refractivity contribution < 1.29 is 9.53 Å². The number of hydrogen-bond donors (Lipinski definition) is 2. The number of nitrogens with one attached hydrogen (secondary N) is 1. The second kappa shape index (κ2) is 8.19. The summed E-state index contributed by atoms with van der Waals surface area (Å²) in [6.45, 7) is 0.596. The lowest BCUT2D eigenvalue weighted by Gasteiger charge is -2.05. The number of carbonyl (C=O) groups excluding carboxylic acids is 1. The number of rotatable bonds is 5. The fraction of sp³-hybridized carbons (Fsp3) is 0.125. The number of nitrogens with two attached hydrogens (primary N) is 1. The fourth-order valence-corrected chi connectivity index (χ4v) is 2.05. The molecule has 1 amide bonds. The molecule has 5 nitrogen and oxygen atoms in total. The summed E-state index contributed by atoms with van der Waals surface area (Å²) in [4.78, 5) is 15.6. The molecule has 0 fully saturated rings. The molecule has 0 atom stereocenters. The van der Waals surface area contributed by atoms with E-state index in [-0.39, 0.29) is 6.61 Å². The van der Waals surface area contributed by atoms with E-state index in [0.717, 1.165) is 15.6 Å². The van der Waals surface area contributed by atoms with Gasteiger partial charge in [-0.3, -0.25) is 0 Å². The number of nitrogens with zero attached hydrogens (tertiary/aromatic N) is 1. The van der Waals surface area contributed by atoms with Crippen LogP contribution in [-0.2, 0) is 11.3 Å². The van der Waals surface area contributed by atoms with Crippen molar-refractivity contribution in [2.45, 2.75) is 6.61 Å². The SMILES string of the molecule is Nc1ncc(Br)cc1C=CCNC(=O)OCc1ccccc1. The van der Waals surface area contributed by atoms with Crippen LogP contribution in [0.2, 0.25) is 0 Å². The quantitative estimate of drug-likeness (QED) is 0.855. The molecule has 0 saturated carbocycles. The van der Waals surface area contributed by atoms with Crippen molar-refractivity contribution in [2.75, 3.05) is 12.3 Å². The first-order valence-electron chi connectivity index (χ1n) is 6.67. The van der Waals surface area contributed by atoms with Crippen LogP contribution < -0.4 is 11.1 Å². The van der Waals surface area contributed by atoms with Gasteiger partial charge in [-0.15, -0.1) is 0 Å². The van der Waals surface area contributed by atoms with E-state index in [4.69, 9.17) is 10.5 Å². The predicted molar refractivity (Wildman–Crippen MR) is 90.0 cm³/mol. The number of anilines is 1. The first-order chi connectivity index (χ1) is 10.6. The van der Waals surface area contributed by atoms with Crippen LogP contribution in [0.5, 0.6) is 0 Å². The van der Waals surface area contributed by atoms with Crippen LogP contribution in [0.15, 0.2) is 53.1 Å². The van der Waals surface area contributed by atoms with Gasteiger partial charge in [0.15, 0.2) is 0 Å². The van der Waals surface area contributed by atoms with Gasteiger partial charge in [0.25, 0.3) is 0 Å². The smallest absolute Gasteiger partial charge is 0.407 e. The summed E-state index contributed by atoms with van der Waals surface area (Å²) in [5, 5.41) is 2.64. The fourth-order valence-electron chi connectivity index (χ4n) is 1.70. The topological polar surface area (TPSA) is 77.2 Å². The molecular formula is C16H16BrN3O2. The molecular weight excluding hydrogens is 346 g/mol. The molecule has 3 N–H and O–H groups in total. The highest BCUT2D eigenvalue weighted by molar-refractivity contribution is 9.10. The summed E-state index contributed by atoms with van der Waals surface area (Å²) in [6, 6.07) is 11.4. The lowest BCUT2D eigenvalue weighted by atomic mass is 10.2. The lowest BCUT2D eigenvalue weighted by molar-refractivity contribution is 0.141. The van der Waals surface area contributed by atoms with E-state index in [9.17, 15) is 4.79 Å². The zero-order valence-corrected chi connectivity index (χ0v) is 13.4. The third-order valence-corrected chi connectivity index (χ3v) is 3.22. The molecule has 0 bridgehead atoms. The number of alkyl carbamates (subject to hydrolysis) is 1. The van der Waals surface area contributed by atoms with E-state index < -0.39 is 6.09 Å². The van der Waals surface area contributed by atoms with Crippen molar-refractivity contribution in [2.24, 2.45) is 0 Å². The minimum Gasteiger partial charge on any atom is -0.445 e. The van der Waals surface area contributed by atoms with Crippen LogP contribution in [0.4, 0.5) is 10.6 Å².